The van der Waals surface area contributed by atoms with Crippen molar-refractivity contribution in [3.8, 4) is 0 Å². The Morgan fingerprint density at radius 1 is 1.82 bits per heavy atom. The van der Waals surface area contributed by atoms with Gasteiger partial charge in [-0.25, -0.2) is 4.79 Å². The molecule has 2 N–H and O–H groups in total. The number of amides is 1. The first-order valence-electron chi connectivity index (χ1n) is 3.67. The van der Waals surface area contributed by atoms with Gasteiger partial charge in [-0.1, -0.05) is 13.3 Å². The van der Waals surface area contributed by atoms with Crippen LogP contribution < -0.4 is 5.32 Å². The zero-order valence-electron chi connectivity index (χ0n) is 6.33. The van der Waals surface area contributed by atoms with Crippen molar-refractivity contribution < 1.29 is 14.7 Å². The highest BCUT2D eigenvalue weighted by atomic mass is 16.4. The number of carboxylic acid groups (broad SMARTS) is 1. The third-order valence-corrected chi connectivity index (χ3v) is 2.03. The summed E-state index contributed by atoms with van der Waals surface area (Å²) in [6.07, 6.45) is 1.09. The van der Waals surface area contributed by atoms with Gasteiger partial charge in [0, 0.05) is 6.42 Å². The third kappa shape index (κ3) is 1.50. The number of carbonyl (C=O) groups is 2. The third-order valence-electron chi connectivity index (χ3n) is 2.03. The van der Waals surface area contributed by atoms with Crippen molar-refractivity contribution in [3.63, 3.8) is 0 Å². The fourth-order valence-corrected chi connectivity index (χ4v) is 1.35. The zero-order chi connectivity index (χ0) is 8.43. The molecule has 1 aliphatic rings. The first kappa shape index (κ1) is 8.04. The Labute approximate surface area is 64.6 Å². The Balaban J connectivity index is 2.64. The Kier molecular flexibility index (Phi) is 2.12. The Morgan fingerprint density at radius 3 is 2.82 bits per heavy atom. The second-order valence-electron chi connectivity index (χ2n) is 2.76. The monoisotopic (exact) mass is 157 g/mol. The van der Waals surface area contributed by atoms with Gasteiger partial charge in [0.25, 0.3) is 0 Å². The van der Waals surface area contributed by atoms with Crippen molar-refractivity contribution in [3.05, 3.63) is 0 Å². The van der Waals surface area contributed by atoms with E-state index in [1.54, 1.807) is 0 Å². The minimum Gasteiger partial charge on any atom is -0.480 e. The molecule has 1 rings (SSSR count). The summed E-state index contributed by atoms with van der Waals surface area (Å²) in [5, 5.41) is 11.0. The van der Waals surface area contributed by atoms with E-state index in [0.717, 1.165) is 6.42 Å². The molecule has 1 heterocycles. The molecule has 0 aliphatic carbocycles. The second kappa shape index (κ2) is 2.90. The first-order chi connectivity index (χ1) is 5.15. The van der Waals surface area contributed by atoms with Crippen molar-refractivity contribution in [1.29, 1.82) is 0 Å². The first-order valence-corrected chi connectivity index (χ1v) is 3.67. The number of carboxylic acids is 1. The summed E-state index contributed by atoms with van der Waals surface area (Å²) in [4.78, 5) is 21.3. The van der Waals surface area contributed by atoms with Crippen molar-refractivity contribution in [2.24, 2.45) is 5.92 Å². The lowest BCUT2D eigenvalue weighted by Gasteiger charge is -2.10. The number of aliphatic carboxylic acids is 1. The molecule has 0 radical (unpaired) electrons. The van der Waals surface area contributed by atoms with Gasteiger partial charge in [-0.15, -0.1) is 0 Å². The highest BCUT2D eigenvalue weighted by Gasteiger charge is 2.35. The minimum absolute atomic E-state index is 0.0278. The maximum atomic E-state index is 10.8. The lowest BCUT2D eigenvalue weighted by molar-refractivity contribution is -0.140. The molecular weight excluding hydrogens is 146 g/mol. The average molecular weight is 157 g/mol. The molecule has 0 aromatic heterocycles. The van der Waals surface area contributed by atoms with Gasteiger partial charge < -0.3 is 10.4 Å². The molecule has 0 saturated carbocycles. The van der Waals surface area contributed by atoms with Crippen molar-refractivity contribution in [1.82, 2.24) is 5.32 Å². The van der Waals surface area contributed by atoms with E-state index in [1.165, 1.54) is 0 Å². The Bertz CT molecular complexity index is 190. The van der Waals surface area contributed by atoms with Crippen LogP contribution in [0.15, 0.2) is 0 Å². The summed E-state index contributed by atoms with van der Waals surface area (Å²) in [6, 6.07) is -0.660. The molecule has 0 bridgehead atoms. The predicted molar refractivity (Wildman–Crippen MR) is 38.0 cm³/mol. The van der Waals surface area contributed by atoms with Crippen LogP contribution >= 0.6 is 0 Å². The molecular formula is C7H11NO3. The van der Waals surface area contributed by atoms with Gasteiger partial charge in [0.05, 0.1) is 0 Å². The molecule has 1 aliphatic heterocycles. The molecule has 0 unspecified atom stereocenters. The van der Waals surface area contributed by atoms with E-state index in [2.05, 4.69) is 5.32 Å². The van der Waals surface area contributed by atoms with E-state index in [0.29, 0.717) is 6.42 Å². The molecule has 11 heavy (non-hydrogen) atoms. The molecule has 4 heteroatoms. The van der Waals surface area contributed by atoms with E-state index in [-0.39, 0.29) is 11.8 Å². The van der Waals surface area contributed by atoms with Crippen LogP contribution in [0.5, 0.6) is 0 Å². The maximum Gasteiger partial charge on any atom is 0.326 e. The normalized spacial score (nSPS) is 30.1. The highest BCUT2D eigenvalue weighted by molar-refractivity contribution is 5.87. The van der Waals surface area contributed by atoms with E-state index in [1.807, 2.05) is 6.92 Å². The average Bonchev–Trinajstić information content (AvgIpc) is 2.30. The van der Waals surface area contributed by atoms with Crippen molar-refractivity contribution in [2.75, 3.05) is 0 Å². The lowest BCUT2D eigenvalue weighted by Crippen LogP contribution is -2.36. The van der Waals surface area contributed by atoms with Gasteiger partial charge in [0.1, 0.15) is 6.04 Å². The molecule has 1 saturated heterocycles. The van der Waals surface area contributed by atoms with Crippen LogP contribution in [0, 0.1) is 5.92 Å². The van der Waals surface area contributed by atoms with Crippen molar-refractivity contribution >= 4 is 11.9 Å². The van der Waals surface area contributed by atoms with Crippen LogP contribution in [0.3, 0.4) is 0 Å². The summed E-state index contributed by atoms with van der Waals surface area (Å²) >= 11 is 0. The van der Waals surface area contributed by atoms with Gasteiger partial charge in [-0.3, -0.25) is 4.79 Å². The van der Waals surface area contributed by atoms with Gasteiger partial charge in [-0.05, 0) is 5.92 Å². The fourth-order valence-electron chi connectivity index (χ4n) is 1.35. The van der Waals surface area contributed by atoms with Crippen molar-refractivity contribution in [2.45, 2.75) is 25.8 Å². The summed E-state index contributed by atoms with van der Waals surface area (Å²) < 4.78 is 0. The van der Waals surface area contributed by atoms with Gasteiger partial charge in [0.15, 0.2) is 0 Å². The van der Waals surface area contributed by atoms with Crippen LogP contribution in [0.25, 0.3) is 0 Å². The molecule has 1 amide bonds. The second-order valence-corrected chi connectivity index (χ2v) is 2.76. The van der Waals surface area contributed by atoms with Crippen LogP contribution in [0.2, 0.25) is 0 Å². The van der Waals surface area contributed by atoms with Gasteiger partial charge >= 0.3 is 5.97 Å². The Hall–Kier alpha value is -1.06. The Morgan fingerprint density at radius 2 is 2.45 bits per heavy atom. The number of rotatable bonds is 2. The van der Waals surface area contributed by atoms with Crippen LogP contribution in [-0.2, 0) is 9.59 Å². The summed E-state index contributed by atoms with van der Waals surface area (Å²) in [6.45, 7) is 1.89. The predicted octanol–water partition coefficient (Wildman–Crippen LogP) is -0.0143. The zero-order valence-corrected chi connectivity index (χ0v) is 6.33. The van der Waals surface area contributed by atoms with E-state index in [9.17, 15) is 9.59 Å². The topological polar surface area (TPSA) is 66.4 Å². The molecule has 62 valence electrons. The number of nitrogens with one attached hydrogen (secondary N) is 1. The number of hydrogen-bond donors (Lipinski definition) is 2. The lowest BCUT2D eigenvalue weighted by atomic mass is 9.98. The summed E-state index contributed by atoms with van der Waals surface area (Å²) in [5.74, 6) is -1.10. The maximum absolute atomic E-state index is 10.8. The molecule has 0 aromatic rings. The van der Waals surface area contributed by atoms with E-state index >= 15 is 0 Å². The molecule has 0 spiro atoms. The SMILES string of the molecule is CC[C@@H]1CC(=O)N[C@H]1C(=O)O. The number of hydrogen-bond acceptors (Lipinski definition) is 2. The molecule has 0 aromatic carbocycles. The summed E-state index contributed by atoms with van der Waals surface area (Å²) in [5.41, 5.74) is 0. The van der Waals surface area contributed by atoms with Crippen LogP contribution in [0.1, 0.15) is 19.8 Å². The summed E-state index contributed by atoms with van der Waals surface area (Å²) in [7, 11) is 0. The fraction of sp³-hybridized carbons (Fsp3) is 0.714. The van der Waals surface area contributed by atoms with Gasteiger partial charge in [0.2, 0.25) is 5.91 Å². The largest absolute Gasteiger partial charge is 0.480 e. The highest BCUT2D eigenvalue weighted by Crippen LogP contribution is 2.19. The van der Waals surface area contributed by atoms with Crippen LogP contribution in [0.4, 0.5) is 0 Å². The standard InChI is InChI=1S/C7H11NO3/c1-2-4-3-5(9)8-6(4)7(10)11/h4,6H,2-3H2,1H3,(H,8,9)(H,10,11)/t4-,6-/m1/s1. The van der Waals surface area contributed by atoms with E-state index in [4.69, 9.17) is 5.11 Å². The smallest absolute Gasteiger partial charge is 0.326 e. The number of carbonyl (C=O) groups excluding carboxylic acids is 1. The van der Waals surface area contributed by atoms with Gasteiger partial charge in [-0.2, -0.15) is 0 Å². The quantitative estimate of drug-likeness (QED) is 0.592. The molecule has 1 fully saturated rings. The van der Waals surface area contributed by atoms with E-state index < -0.39 is 12.0 Å². The molecule has 4 nitrogen and oxygen atoms in total. The van der Waals surface area contributed by atoms with Crippen LogP contribution in [-0.4, -0.2) is 23.0 Å². The minimum atomic E-state index is -0.928. The molecule has 2 atom stereocenters.